The Balaban J connectivity index is 1.52. The third kappa shape index (κ3) is 11.1. The van der Waals surface area contributed by atoms with Crippen LogP contribution >= 0.6 is 34.8 Å². The molecule has 0 saturated carbocycles. The molecule has 1 saturated heterocycles. The van der Waals surface area contributed by atoms with Crippen molar-refractivity contribution in [3.8, 4) is 11.1 Å². The Morgan fingerprint density at radius 2 is 1.37 bits per heavy atom. The number of carbonyl (C=O) groups is 6. The van der Waals surface area contributed by atoms with Crippen LogP contribution in [0.25, 0.3) is 11.1 Å². The molecule has 6 atom stereocenters. The molecule has 0 radical (unpaired) electrons. The summed E-state index contributed by atoms with van der Waals surface area (Å²) in [5, 5.41) is 14.5. The molecule has 1 fully saturated rings. The smallest absolute Gasteiger partial charge is 0.407 e. The quantitative estimate of drug-likeness (QED) is 0.150. The standard InChI is InChI=1S/C33H35Cl3N2O14/c1-16(39)46-14-25-27(50-17(2)40)28(51-18(3)41)26(38-32(45)49-15-33(34,35)36)30(52-25)47-13-24(29(42)43)37-31(44)48-12-23-21-10-6-4-8-19(21)20-9-5-7-11-22(20)23/h4-11,23-28,30H,12-15H2,1-3H3,(H,37,44)(H,38,45)(H,42,43)/t24-,25+,26+,27+,28+,30+/m0/s1. The molecule has 282 valence electrons. The minimum atomic E-state index is -2.01. The van der Waals surface area contributed by atoms with Crippen LogP contribution in [0.1, 0.15) is 37.8 Å². The number of carboxylic acids is 1. The van der Waals surface area contributed by atoms with Gasteiger partial charge in [0.05, 0.1) is 6.61 Å². The molecule has 2 aromatic carbocycles. The van der Waals surface area contributed by atoms with E-state index in [0.29, 0.717) is 0 Å². The molecular weight excluding hydrogens is 755 g/mol. The van der Waals surface area contributed by atoms with E-state index in [2.05, 4.69) is 10.6 Å². The van der Waals surface area contributed by atoms with Gasteiger partial charge in [-0.25, -0.2) is 14.4 Å². The molecule has 1 heterocycles. The molecule has 16 nitrogen and oxygen atoms in total. The first-order valence-corrected chi connectivity index (χ1v) is 16.8. The highest BCUT2D eigenvalue weighted by Crippen LogP contribution is 2.44. The summed E-state index contributed by atoms with van der Waals surface area (Å²) >= 11 is 17.0. The number of halogens is 3. The average Bonchev–Trinajstić information content (AvgIpc) is 3.38. The number of nitrogens with one attached hydrogen (secondary N) is 2. The van der Waals surface area contributed by atoms with Crippen LogP contribution < -0.4 is 10.6 Å². The SMILES string of the molecule is CC(=O)OC[C@H]1O[C@@H](OC[C@H](NC(=O)OCC2c3ccccc3-c3ccccc32)C(=O)O)[C@H](NC(=O)OCC(Cl)(Cl)Cl)[C@@H](OC(C)=O)[C@@H]1OC(C)=O. The minimum Gasteiger partial charge on any atom is -0.480 e. The second-order valence-corrected chi connectivity index (χ2v) is 14.1. The van der Waals surface area contributed by atoms with Gasteiger partial charge in [-0.15, -0.1) is 0 Å². The van der Waals surface area contributed by atoms with Gasteiger partial charge in [0, 0.05) is 26.7 Å². The lowest BCUT2D eigenvalue weighted by Crippen LogP contribution is -2.67. The summed E-state index contributed by atoms with van der Waals surface area (Å²) in [7, 11) is 0. The fourth-order valence-electron chi connectivity index (χ4n) is 5.67. The van der Waals surface area contributed by atoms with Gasteiger partial charge in [-0.2, -0.15) is 0 Å². The van der Waals surface area contributed by atoms with Crippen molar-refractivity contribution in [2.24, 2.45) is 0 Å². The van der Waals surface area contributed by atoms with Gasteiger partial charge >= 0.3 is 36.1 Å². The van der Waals surface area contributed by atoms with Crippen LogP contribution in [0, 0.1) is 0 Å². The Kier molecular flexibility index (Phi) is 13.9. The zero-order valence-corrected chi connectivity index (χ0v) is 30.1. The van der Waals surface area contributed by atoms with E-state index in [1.165, 1.54) is 0 Å². The number of hydrogen-bond acceptors (Lipinski definition) is 13. The van der Waals surface area contributed by atoms with E-state index in [1.807, 2.05) is 48.5 Å². The van der Waals surface area contributed by atoms with Crippen molar-refractivity contribution in [2.75, 3.05) is 26.4 Å². The maximum Gasteiger partial charge on any atom is 0.407 e. The summed E-state index contributed by atoms with van der Waals surface area (Å²) in [4.78, 5) is 73.9. The molecule has 2 aromatic rings. The molecule has 1 aliphatic heterocycles. The van der Waals surface area contributed by atoms with E-state index in [9.17, 15) is 33.9 Å². The van der Waals surface area contributed by atoms with Crippen LogP contribution in [0.4, 0.5) is 9.59 Å². The lowest BCUT2D eigenvalue weighted by Gasteiger charge is -2.44. The topological polar surface area (TPSA) is 211 Å². The first-order chi connectivity index (χ1) is 24.5. The Morgan fingerprint density at radius 1 is 0.788 bits per heavy atom. The molecule has 1 aliphatic carbocycles. The predicted molar refractivity (Wildman–Crippen MR) is 181 cm³/mol. The number of carboxylic acid groups (broad SMARTS) is 1. The van der Waals surface area contributed by atoms with Gasteiger partial charge in [-0.05, 0) is 22.3 Å². The number of alkyl carbamates (subject to hydrolysis) is 2. The van der Waals surface area contributed by atoms with Crippen LogP contribution in [0.2, 0.25) is 0 Å². The molecule has 0 unspecified atom stereocenters. The third-order valence-electron chi connectivity index (χ3n) is 7.71. The molecule has 2 amide bonds. The number of aliphatic carboxylic acids is 1. The molecule has 4 rings (SSSR count). The van der Waals surface area contributed by atoms with E-state index in [4.69, 9.17) is 68.0 Å². The van der Waals surface area contributed by atoms with Crippen molar-refractivity contribution >= 4 is 70.9 Å². The van der Waals surface area contributed by atoms with Crippen LogP contribution in [0.3, 0.4) is 0 Å². The van der Waals surface area contributed by atoms with E-state index in [1.54, 1.807) is 0 Å². The molecule has 19 heteroatoms. The van der Waals surface area contributed by atoms with Crippen molar-refractivity contribution in [1.82, 2.24) is 10.6 Å². The zero-order chi connectivity index (χ0) is 38.2. The molecule has 3 N–H and O–H groups in total. The van der Waals surface area contributed by atoms with Gasteiger partial charge in [0.2, 0.25) is 3.79 Å². The number of hydrogen-bond donors (Lipinski definition) is 3. The van der Waals surface area contributed by atoms with E-state index in [0.717, 1.165) is 43.0 Å². The number of fused-ring (bicyclic) bond motifs is 3. The fourth-order valence-corrected chi connectivity index (χ4v) is 5.84. The van der Waals surface area contributed by atoms with Crippen molar-refractivity contribution in [2.45, 2.75) is 67.2 Å². The highest BCUT2D eigenvalue weighted by Gasteiger charge is 2.52. The Bertz CT molecular complexity index is 1610. The van der Waals surface area contributed by atoms with Crippen LogP contribution in [-0.2, 0) is 52.3 Å². The van der Waals surface area contributed by atoms with E-state index in [-0.39, 0.29) is 12.5 Å². The maximum absolute atomic E-state index is 12.9. The number of ether oxygens (including phenoxy) is 7. The highest BCUT2D eigenvalue weighted by atomic mass is 35.6. The van der Waals surface area contributed by atoms with Crippen molar-refractivity contribution in [1.29, 1.82) is 0 Å². The van der Waals surface area contributed by atoms with Crippen molar-refractivity contribution in [3.63, 3.8) is 0 Å². The second kappa shape index (κ2) is 17.9. The minimum absolute atomic E-state index is 0.111. The first kappa shape index (κ1) is 40.4. The first-order valence-electron chi connectivity index (χ1n) is 15.6. The van der Waals surface area contributed by atoms with E-state index >= 15 is 0 Å². The molecule has 0 bridgehead atoms. The lowest BCUT2D eigenvalue weighted by molar-refractivity contribution is -0.278. The number of esters is 3. The number of rotatable bonds is 13. The van der Waals surface area contributed by atoms with Crippen LogP contribution in [-0.4, -0.2) is 108 Å². The van der Waals surface area contributed by atoms with Gasteiger partial charge in [-0.1, -0.05) is 83.3 Å². The van der Waals surface area contributed by atoms with E-state index < -0.39 is 96.4 Å². The number of amides is 2. The summed E-state index contributed by atoms with van der Waals surface area (Å²) in [6.45, 7) is 0.953. The molecule has 2 aliphatic rings. The number of benzene rings is 2. The molecule has 0 spiro atoms. The highest BCUT2D eigenvalue weighted by molar-refractivity contribution is 6.67. The normalized spacial score (nSPS) is 21.4. The Hall–Kier alpha value is -4.35. The van der Waals surface area contributed by atoms with Gasteiger partial charge in [0.15, 0.2) is 24.5 Å². The lowest BCUT2D eigenvalue weighted by atomic mass is 9.96. The maximum atomic E-state index is 12.9. The molecule has 0 aromatic heterocycles. The van der Waals surface area contributed by atoms with Gasteiger partial charge < -0.3 is 48.9 Å². The third-order valence-corrected chi connectivity index (χ3v) is 8.04. The summed E-state index contributed by atoms with van der Waals surface area (Å²) in [6.07, 6.45) is -8.52. The largest absolute Gasteiger partial charge is 0.480 e. The van der Waals surface area contributed by atoms with Gasteiger partial charge in [-0.3, -0.25) is 14.4 Å². The van der Waals surface area contributed by atoms with Crippen molar-refractivity contribution in [3.05, 3.63) is 59.7 Å². The van der Waals surface area contributed by atoms with Gasteiger partial charge in [0.1, 0.15) is 32.0 Å². The summed E-state index contributed by atoms with van der Waals surface area (Å²) in [5.41, 5.74) is 3.86. The fraction of sp³-hybridized carbons (Fsp3) is 0.455. The second-order valence-electron chi connectivity index (χ2n) is 11.5. The van der Waals surface area contributed by atoms with Gasteiger partial charge in [0.25, 0.3) is 0 Å². The monoisotopic (exact) mass is 788 g/mol. The van der Waals surface area contributed by atoms with Crippen LogP contribution in [0.5, 0.6) is 0 Å². The number of alkyl halides is 3. The molecule has 52 heavy (non-hydrogen) atoms. The summed E-state index contributed by atoms with van der Waals surface area (Å²) < 4.78 is 35.8. The molecular formula is C33H35Cl3N2O14. The number of carbonyl (C=O) groups excluding carboxylic acids is 5. The Labute approximate surface area is 312 Å². The Morgan fingerprint density at radius 3 is 1.90 bits per heavy atom. The average molecular weight is 790 g/mol. The van der Waals surface area contributed by atoms with Crippen molar-refractivity contribution < 1.29 is 67.0 Å². The summed E-state index contributed by atoms with van der Waals surface area (Å²) in [5.74, 6) is -4.37. The zero-order valence-electron chi connectivity index (χ0n) is 27.9. The predicted octanol–water partition coefficient (Wildman–Crippen LogP) is 3.61. The summed E-state index contributed by atoms with van der Waals surface area (Å²) in [6, 6.07) is 11.9. The van der Waals surface area contributed by atoms with Crippen LogP contribution in [0.15, 0.2) is 48.5 Å².